The summed E-state index contributed by atoms with van der Waals surface area (Å²) in [5, 5.41) is 0. The van der Waals surface area contributed by atoms with E-state index >= 15 is 0 Å². The number of hydrogen-bond acceptors (Lipinski definition) is 6. The molecule has 8 heteroatoms. The highest BCUT2D eigenvalue weighted by Crippen LogP contribution is 2.39. The van der Waals surface area contributed by atoms with E-state index < -0.39 is 17.6 Å². The summed E-state index contributed by atoms with van der Waals surface area (Å²) in [6.45, 7) is 15.8. The van der Waals surface area contributed by atoms with Crippen molar-refractivity contribution in [3.05, 3.63) is 24.3 Å². The van der Waals surface area contributed by atoms with E-state index in [0.717, 1.165) is 37.8 Å². The van der Waals surface area contributed by atoms with Gasteiger partial charge in [0.1, 0.15) is 0 Å². The van der Waals surface area contributed by atoms with Gasteiger partial charge in [0.15, 0.2) is 0 Å². The summed E-state index contributed by atoms with van der Waals surface area (Å²) < 4.78 is 36.2. The van der Waals surface area contributed by atoms with Gasteiger partial charge in [0.2, 0.25) is 0 Å². The molecule has 0 saturated carbocycles. The molecule has 0 spiro atoms. The van der Waals surface area contributed by atoms with Crippen LogP contribution in [0.25, 0.3) is 0 Å². The second-order valence-electron chi connectivity index (χ2n) is 7.62. The van der Waals surface area contributed by atoms with E-state index in [-0.39, 0.29) is 5.41 Å². The predicted octanol–water partition coefficient (Wildman–Crippen LogP) is 5.76. The molecule has 0 saturated heterocycles. The zero-order chi connectivity index (χ0) is 23.1. The van der Waals surface area contributed by atoms with Crippen LogP contribution in [0.2, 0.25) is 12.1 Å². The maximum Gasteiger partial charge on any atom is 0.500 e. The van der Waals surface area contributed by atoms with Gasteiger partial charge in [0.05, 0.1) is 0 Å². The van der Waals surface area contributed by atoms with Gasteiger partial charge in [0.25, 0.3) is 0 Å². The lowest BCUT2D eigenvalue weighted by molar-refractivity contribution is 0.0700. The lowest BCUT2D eigenvalue weighted by atomic mass is 9.81. The van der Waals surface area contributed by atoms with E-state index in [1.165, 1.54) is 0 Å². The Morgan fingerprint density at radius 3 is 1.06 bits per heavy atom. The molecular formula is C23H46O6Si2. The summed E-state index contributed by atoms with van der Waals surface area (Å²) in [6, 6.07) is 1.70. The average molecular weight is 475 g/mol. The molecule has 0 unspecified atom stereocenters. The monoisotopic (exact) mass is 474 g/mol. The van der Waals surface area contributed by atoms with E-state index in [2.05, 4.69) is 24.3 Å². The van der Waals surface area contributed by atoms with Crippen molar-refractivity contribution in [3.63, 3.8) is 0 Å². The van der Waals surface area contributed by atoms with Gasteiger partial charge in [-0.15, -0.1) is 0 Å². The summed E-state index contributed by atoms with van der Waals surface area (Å²) in [5.41, 5.74) is 0.0650. The van der Waals surface area contributed by atoms with Crippen molar-refractivity contribution in [2.45, 2.75) is 79.3 Å². The van der Waals surface area contributed by atoms with Crippen molar-refractivity contribution in [1.82, 2.24) is 0 Å². The van der Waals surface area contributed by atoms with Crippen molar-refractivity contribution in [2.24, 2.45) is 5.41 Å². The van der Waals surface area contributed by atoms with Gasteiger partial charge in [-0.3, -0.25) is 0 Å². The SMILES string of the molecule is CCO[Si](CCCC1(CCC[Si](OCC)(OCC)OCC)C=CC=C1)(OCC)OCC. The molecule has 31 heavy (non-hydrogen) atoms. The molecule has 0 amide bonds. The number of allylic oxidation sites excluding steroid dienone is 4. The Morgan fingerprint density at radius 1 is 0.516 bits per heavy atom. The fourth-order valence-corrected chi connectivity index (χ4v) is 9.50. The molecule has 0 aromatic heterocycles. The summed E-state index contributed by atoms with van der Waals surface area (Å²) in [4.78, 5) is 0. The van der Waals surface area contributed by atoms with Crippen LogP contribution in [0.5, 0.6) is 0 Å². The fourth-order valence-electron chi connectivity index (χ4n) is 4.28. The molecule has 0 aliphatic heterocycles. The van der Waals surface area contributed by atoms with Crippen molar-refractivity contribution < 1.29 is 26.6 Å². The minimum absolute atomic E-state index is 0.0650. The maximum atomic E-state index is 6.03. The van der Waals surface area contributed by atoms with Crippen LogP contribution in [0.1, 0.15) is 67.2 Å². The lowest BCUT2D eigenvalue weighted by Gasteiger charge is -2.32. The second kappa shape index (κ2) is 15.5. The van der Waals surface area contributed by atoms with Crippen LogP contribution in [0, 0.1) is 5.41 Å². The largest absolute Gasteiger partial charge is 0.500 e. The predicted molar refractivity (Wildman–Crippen MR) is 130 cm³/mol. The average Bonchev–Trinajstić information content (AvgIpc) is 3.18. The Bertz CT molecular complexity index is 446. The third-order valence-corrected chi connectivity index (χ3v) is 11.7. The highest BCUT2D eigenvalue weighted by Gasteiger charge is 2.42. The molecule has 0 N–H and O–H groups in total. The molecule has 0 fully saturated rings. The van der Waals surface area contributed by atoms with Gasteiger partial charge in [-0.1, -0.05) is 24.3 Å². The molecule has 182 valence electrons. The Hall–Kier alpha value is -0.326. The molecule has 1 aliphatic rings. The normalized spacial score (nSPS) is 15.8. The highest BCUT2D eigenvalue weighted by molar-refractivity contribution is 6.61. The molecule has 0 heterocycles. The van der Waals surface area contributed by atoms with E-state index in [1.807, 2.05) is 41.5 Å². The van der Waals surface area contributed by atoms with Gasteiger partial charge in [0, 0.05) is 57.1 Å². The highest BCUT2D eigenvalue weighted by atomic mass is 28.4. The quantitative estimate of drug-likeness (QED) is 0.209. The van der Waals surface area contributed by atoms with Crippen LogP contribution in [0.3, 0.4) is 0 Å². The van der Waals surface area contributed by atoms with E-state index in [4.69, 9.17) is 26.6 Å². The number of rotatable bonds is 20. The first-order valence-corrected chi connectivity index (χ1v) is 16.1. The topological polar surface area (TPSA) is 55.4 Å². The first-order chi connectivity index (χ1) is 15.0. The van der Waals surface area contributed by atoms with Gasteiger partial charge >= 0.3 is 17.6 Å². The molecule has 0 atom stereocenters. The Morgan fingerprint density at radius 2 is 0.806 bits per heavy atom. The molecule has 0 radical (unpaired) electrons. The van der Waals surface area contributed by atoms with Crippen LogP contribution in [0.4, 0.5) is 0 Å². The third kappa shape index (κ3) is 9.59. The van der Waals surface area contributed by atoms with Gasteiger partial charge < -0.3 is 26.6 Å². The first-order valence-electron chi connectivity index (χ1n) is 12.2. The van der Waals surface area contributed by atoms with Crippen molar-refractivity contribution in [2.75, 3.05) is 39.6 Å². The summed E-state index contributed by atoms with van der Waals surface area (Å²) in [6.07, 6.45) is 13.1. The van der Waals surface area contributed by atoms with Crippen LogP contribution in [-0.4, -0.2) is 57.3 Å². The molecule has 1 aliphatic carbocycles. The maximum absolute atomic E-state index is 6.03. The van der Waals surface area contributed by atoms with Crippen molar-refractivity contribution >= 4 is 17.6 Å². The Kier molecular flexibility index (Phi) is 14.4. The lowest BCUT2D eigenvalue weighted by Crippen LogP contribution is -2.46. The van der Waals surface area contributed by atoms with Gasteiger partial charge in [-0.25, -0.2) is 0 Å². The molecule has 0 aromatic rings. The third-order valence-electron chi connectivity index (χ3n) is 5.40. The van der Waals surface area contributed by atoms with Crippen molar-refractivity contribution in [3.8, 4) is 0 Å². The van der Waals surface area contributed by atoms with E-state index in [1.54, 1.807) is 0 Å². The van der Waals surface area contributed by atoms with E-state index in [0.29, 0.717) is 39.6 Å². The summed E-state index contributed by atoms with van der Waals surface area (Å²) >= 11 is 0. The Balaban J connectivity index is 2.73. The van der Waals surface area contributed by atoms with Gasteiger partial charge in [-0.05, 0) is 67.2 Å². The smallest absolute Gasteiger partial charge is 0.374 e. The molecule has 1 rings (SSSR count). The summed E-state index contributed by atoms with van der Waals surface area (Å²) in [5.74, 6) is 0. The molecule has 0 aromatic carbocycles. The summed E-state index contributed by atoms with van der Waals surface area (Å²) in [7, 11) is -5.19. The van der Waals surface area contributed by atoms with Crippen LogP contribution >= 0.6 is 0 Å². The van der Waals surface area contributed by atoms with Crippen LogP contribution in [0.15, 0.2) is 24.3 Å². The minimum Gasteiger partial charge on any atom is -0.374 e. The zero-order valence-corrected chi connectivity index (χ0v) is 22.7. The first kappa shape index (κ1) is 28.7. The van der Waals surface area contributed by atoms with E-state index in [9.17, 15) is 0 Å². The molecular weight excluding hydrogens is 428 g/mol. The fraction of sp³-hybridized carbons (Fsp3) is 0.826. The van der Waals surface area contributed by atoms with Crippen LogP contribution < -0.4 is 0 Å². The number of hydrogen-bond donors (Lipinski definition) is 0. The standard InChI is InChI=1S/C23H46O6Si2/c1-7-24-30(25-8-2,26-9-3)21-15-19-23(17-13-14-18-23)20-16-22-31(27-10-4,28-11-5)29-12-6/h13-14,17-18H,7-12,15-16,19-22H2,1-6H3. The van der Waals surface area contributed by atoms with Crippen molar-refractivity contribution in [1.29, 1.82) is 0 Å². The van der Waals surface area contributed by atoms with Crippen LogP contribution in [-0.2, 0) is 26.6 Å². The Labute approximate surface area is 193 Å². The second-order valence-corrected chi connectivity index (χ2v) is 13.1. The van der Waals surface area contributed by atoms with Gasteiger partial charge in [-0.2, -0.15) is 0 Å². The molecule has 6 nitrogen and oxygen atoms in total. The molecule has 0 bridgehead atoms. The minimum atomic E-state index is -2.60. The zero-order valence-electron chi connectivity index (χ0n) is 20.7.